The van der Waals surface area contributed by atoms with E-state index >= 15 is 0 Å². The minimum atomic E-state index is -0.0700. The number of pyridine rings is 1. The molecule has 1 aromatic carbocycles. The standard InChI is InChI=1S/C20H25N5O/c1-6-24(14(4)13(2)3)20(26)19-15(5)25(23-22-19)18-9-7-8-16-12-21-11-10-17(16)18/h7-14H,6H2,1-5H3/t14-/m0/s1. The summed E-state index contributed by atoms with van der Waals surface area (Å²) in [4.78, 5) is 19.1. The molecule has 1 amide bonds. The molecule has 6 heteroatoms. The van der Waals surface area contributed by atoms with Crippen LogP contribution in [-0.2, 0) is 0 Å². The lowest BCUT2D eigenvalue weighted by Crippen LogP contribution is -2.41. The maximum Gasteiger partial charge on any atom is 0.276 e. The highest BCUT2D eigenvalue weighted by atomic mass is 16.2. The molecule has 6 nitrogen and oxygen atoms in total. The largest absolute Gasteiger partial charge is 0.335 e. The van der Waals surface area contributed by atoms with Crippen molar-refractivity contribution in [3.8, 4) is 5.69 Å². The van der Waals surface area contributed by atoms with Gasteiger partial charge in [0.25, 0.3) is 5.91 Å². The normalized spacial score (nSPS) is 12.5. The van der Waals surface area contributed by atoms with Crippen molar-refractivity contribution in [1.29, 1.82) is 0 Å². The lowest BCUT2D eigenvalue weighted by molar-refractivity contribution is 0.0653. The molecule has 0 spiro atoms. The quantitative estimate of drug-likeness (QED) is 0.704. The Bertz CT molecular complexity index is 926. The number of nitrogens with zero attached hydrogens (tertiary/aromatic N) is 5. The highest BCUT2D eigenvalue weighted by Gasteiger charge is 2.27. The van der Waals surface area contributed by atoms with Gasteiger partial charge in [0, 0.05) is 35.8 Å². The van der Waals surface area contributed by atoms with Gasteiger partial charge in [-0.1, -0.05) is 31.2 Å². The summed E-state index contributed by atoms with van der Waals surface area (Å²) < 4.78 is 1.74. The molecule has 3 rings (SSSR count). The van der Waals surface area contributed by atoms with E-state index in [0.717, 1.165) is 22.2 Å². The van der Waals surface area contributed by atoms with E-state index in [1.165, 1.54) is 0 Å². The minimum Gasteiger partial charge on any atom is -0.335 e. The molecule has 26 heavy (non-hydrogen) atoms. The van der Waals surface area contributed by atoms with E-state index in [1.54, 1.807) is 10.9 Å². The maximum atomic E-state index is 13.1. The zero-order valence-electron chi connectivity index (χ0n) is 16.0. The summed E-state index contributed by atoms with van der Waals surface area (Å²) in [5.74, 6) is 0.305. The van der Waals surface area contributed by atoms with E-state index in [1.807, 2.05) is 49.2 Å². The van der Waals surface area contributed by atoms with Crippen molar-refractivity contribution in [2.45, 2.75) is 40.7 Å². The third-order valence-electron chi connectivity index (χ3n) is 5.04. The summed E-state index contributed by atoms with van der Waals surface area (Å²) in [5, 5.41) is 10.5. The lowest BCUT2D eigenvalue weighted by atomic mass is 10.0. The third-order valence-corrected chi connectivity index (χ3v) is 5.04. The van der Waals surface area contributed by atoms with Crippen LogP contribution in [0.2, 0.25) is 0 Å². The fourth-order valence-corrected chi connectivity index (χ4v) is 3.16. The number of hydrogen-bond donors (Lipinski definition) is 0. The van der Waals surface area contributed by atoms with Gasteiger partial charge in [0.1, 0.15) is 0 Å². The smallest absolute Gasteiger partial charge is 0.276 e. The molecule has 2 aromatic heterocycles. The number of hydrogen-bond acceptors (Lipinski definition) is 4. The predicted molar refractivity (Wildman–Crippen MR) is 102 cm³/mol. The van der Waals surface area contributed by atoms with Gasteiger partial charge in [0.2, 0.25) is 0 Å². The van der Waals surface area contributed by atoms with Crippen LogP contribution in [0.3, 0.4) is 0 Å². The highest BCUT2D eigenvalue weighted by Crippen LogP contribution is 2.23. The van der Waals surface area contributed by atoms with Crippen molar-refractivity contribution >= 4 is 16.7 Å². The first-order chi connectivity index (χ1) is 12.5. The van der Waals surface area contributed by atoms with E-state index in [0.29, 0.717) is 18.2 Å². The monoisotopic (exact) mass is 351 g/mol. The number of carbonyl (C=O) groups excluding carboxylic acids is 1. The third kappa shape index (κ3) is 3.07. The van der Waals surface area contributed by atoms with Crippen LogP contribution in [0.15, 0.2) is 36.7 Å². The average molecular weight is 351 g/mol. The molecule has 0 bridgehead atoms. The first-order valence-electron chi connectivity index (χ1n) is 9.02. The molecule has 0 saturated carbocycles. The number of aromatic nitrogens is 4. The van der Waals surface area contributed by atoms with E-state index in [2.05, 4.69) is 36.1 Å². The molecule has 1 atom stereocenters. The second-order valence-electron chi connectivity index (χ2n) is 6.89. The van der Waals surface area contributed by atoms with Crippen molar-refractivity contribution in [3.63, 3.8) is 0 Å². The Labute approximate surface area is 153 Å². The number of amides is 1. The molecular formula is C20H25N5O. The summed E-state index contributed by atoms with van der Waals surface area (Å²) in [6.07, 6.45) is 3.58. The molecule has 0 aliphatic rings. The van der Waals surface area contributed by atoms with Gasteiger partial charge in [-0.3, -0.25) is 9.78 Å². The SMILES string of the molecule is CCN(C(=O)c1nnn(-c2cccc3cnccc23)c1C)[C@@H](C)C(C)C. The maximum absolute atomic E-state index is 13.1. The van der Waals surface area contributed by atoms with Crippen LogP contribution in [-0.4, -0.2) is 43.4 Å². The summed E-state index contributed by atoms with van der Waals surface area (Å²) in [5.41, 5.74) is 2.05. The molecule has 0 N–H and O–H groups in total. The van der Waals surface area contributed by atoms with Crippen LogP contribution in [0.25, 0.3) is 16.5 Å². The van der Waals surface area contributed by atoms with Crippen LogP contribution in [0.1, 0.15) is 43.9 Å². The van der Waals surface area contributed by atoms with Crippen molar-refractivity contribution in [1.82, 2.24) is 24.9 Å². The summed E-state index contributed by atoms with van der Waals surface area (Å²) in [7, 11) is 0. The number of benzene rings is 1. The van der Waals surface area contributed by atoms with Crippen molar-refractivity contribution in [3.05, 3.63) is 48.0 Å². The molecule has 0 aliphatic heterocycles. The Balaban J connectivity index is 2.04. The fraction of sp³-hybridized carbons (Fsp3) is 0.400. The van der Waals surface area contributed by atoms with Crippen LogP contribution in [0, 0.1) is 12.8 Å². The summed E-state index contributed by atoms with van der Waals surface area (Å²) in [6, 6.07) is 8.04. The van der Waals surface area contributed by atoms with E-state index in [-0.39, 0.29) is 11.9 Å². The van der Waals surface area contributed by atoms with Gasteiger partial charge in [0.15, 0.2) is 5.69 Å². The Kier molecular flexibility index (Phi) is 5.02. The van der Waals surface area contributed by atoms with Gasteiger partial charge >= 0.3 is 0 Å². The topological polar surface area (TPSA) is 63.9 Å². The molecule has 0 radical (unpaired) electrons. The Morgan fingerprint density at radius 3 is 2.69 bits per heavy atom. The Morgan fingerprint density at radius 2 is 2.00 bits per heavy atom. The molecule has 0 fully saturated rings. The second kappa shape index (κ2) is 7.23. The number of carbonyl (C=O) groups is 1. The predicted octanol–water partition coefficient (Wildman–Crippen LogP) is 3.63. The van der Waals surface area contributed by atoms with E-state index in [9.17, 15) is 4.79 Å². The molecular weight excluding hydrogens is 326 g/mol. The Hall–Kier alpha value is -2.76. The zero-order chi connectivity index (χ0) is 18.8. The average Bonchev–Trinajstić information content (AvgIpc) is 3.02. The van der Waals surface area contributed by atoms with Crippen molar-refractivity contribution < 1.29 is 4.79 Å². The first-order valence-corrected chi connectivity index (χ1v) is 9.02. The molecule has 0 aliphatic carbocycles. The summed E-state index contributed by atoms with van der Waals surface area (Å²) >= 11 is 0. The first kappa shape index (κ1) is 18.0. The molecule has 136 valence electrons. The lowest BCUT2D eigenvalue weighted by Gasteiger charge is -2.30. The van der Waals surface area contributed by atoms with Gasteiger partial charge < -0.3 is 4.90 Å². The van der Waals surface area contributed by atoms with Crippen LogP contribution < -0.4 is 0 Å². The Morgan fingerprint density at radius 1 is 1.23 bits per heavy atom. The van der Waals surface area contributed by atoms with Gasteiger partial charge in [-0.05, 0) is 38.8 Å². The van der Waals surface area contributed by atoms with Gasteiger partial charge in [-0.15, -0.1) is 5.10 Å². The number of rotatable bonds is 5. The molecule has 0 saturated heterocycles. The van der Waals surface area contributed by atoms with Gasteiger partial charge in [-0.2, -0.15) is 0 Å². The number of fused-ring (bicyclic) bond motifs is 1. The van der Waals surface area contributed by atoms with E-state index < -0.39 is 0 Å². The summed E-state index contributed by atoms with van der Waals surface area (Å²) in [6.45, 7) is 10.8. The minimum absolute atomic E-state index is 0.0700. The van der Waals surface area contributed by atoms with Crippen molar-refractivity contribution in [2.24, 2.45) is 5.92 Å². The molecule has 0 unspecified atom stereocenters. The van der Waals surface area contributed by atoms with Crippen LogP contribution in [0.4, 0.5) is 0 Å². The van der Waals surface area contributed by atoms with Gasteiger partial charge in [0.05, 0.1) is 11.4 Å². The van der Waals surface area contributed by atoms with Gasteiger partial charge in [-0.25, -0.2) is 4.68 Å². The molecule has 3 aromatic rings. The van der Waals surface area contributed by atoms with Crippen molar-refractivity contribution in [2.75, 3.05) is 6.54 Å². The fourth-order valence-electron chi connectivity index (χ4n) is 3.16. The van der Waals surface area contributed by atoms with E-state index in [4.69, 9.17) is 0 Å². The molecule has 2 heterocycles. The van der Waals surface area contributed by atoms with Crippen LogP contribution in [0.5, 0.6) is 0 Å². The van der Waals surface area contributed by atoms with Crippen LogP contribution >= 0.6 is 0 Å². The zero-order valence-corrected chi connectivity index (χ0v) is 16.0. The second-order valence-corrected chi connectivity index (χ2v) is 6.89. The highest BCUT2D eigenvalue weighted by molar-refractivity contribution is 5.94.